The normalized spacial score (nSPS) is 16.0. The lowest BCUT2D eigenvalue weighted by Crippen LogP contribution is -2.31. The molecule has 4 rings (SSSR count). The van der Waals surface area contributed by atoms with Crippen molar-refractivity contribution in [1.82, 2.24) is 19.9 Å². The van der Waals surface area contributed by atoms with Gasteiger partial charge in [0.05, 0.1) is 5.92 Å². The molecule has 1 aliphatic heterocycles. The number of aromatic nitrogens is 3. The highest BCUT2D eigenvalue weighted by atomic mass is 19.2. The number of aromatic amines is 1. The predicted molar refractivity (Wildman–Crippen MR) is 101 cm³/mol. The number of hydrogen-bond donors (Lipinski definition) is 2. The summed E-state index contributed by atoms with van der Waals surface area (Å²) in [5, 5.41) is 2.37. The third-order valence-electron chi connectivity index (χ3n) is 4.89. The number of amides is 2. The number of rotatable bonds is 4. The van der Waals surface area contributed by atoms with Crippen molar-refractivity contribution >= 4 is 17.5 Å². The second-order valence-electron chi connectivity index (χ2n) is 6.89. The highest BCUT2D eigenvalue weighted by molar-refractivity contribution is 5.96. The van der Waals surface area contributed by atoms with Gasteiger partial charge in [0, 0.05) is 54.6 Å². The van der Waals surface area contributed by atoms with Crippen molar-refractivity contribution in [3.05, 3.63) is 66.1 Å². The van der Waals surface area contributed by atoms with Crippen molar-refractivity contribution in [3.63, 3.8) is 0 Å². The summed E-state index contributed by atoms with van der Waals surface area (Å²) in [4.78, 5) is 37.5. The Hall–Kier alpha value is -3.69. The van der Waals surface area contributed by atoms with E-state index in [-0.39, 0.29) is 18.1 Å². The van der Waals surface area contributed by atoms with E-state index in [1.54, 1.807) is 24.5 Å². The van der Waals surface area contributed by atoms with Crippen LogP contribution in [0.3, 0.4) is 0 Å². The molecule has 2 aromatic heterocycles. The fourth-order valence-corrected chi connectivity index (χ4v) is 3.33. The number of H-pyrrole nitrogens is 1. The Kier molecular flexibility index (Phi) is 5.21. The molecule has 1 aromatic carbocycles. The number of hydrogen-bond acceptors (Lipinski definition) is 4. The predicted octanol–water partition coefficient (Wildman–Crippen LogP) is 2.99. The van der Waals surface area contributed by atoms with Gasteiger partial charge in [0.2, 0.25) is 5.91 Å². The Morgan fingerprint density at radius 2 is 1.80 bits per heavy atom. The van der Waals surface area contributed by atoms with E-state index >= 15 is 0 Å². The SMILES string of the molecule is O=C(Nc1cc(F)c(F)c(F)c1)[C@H]1CCN(C(=O)c2ccc(-c3cncnc3)[nH]2)C1. The summed E-state index contributed by atoms with van der Waals surface area (Å²) < 4.78 is 39.7. The van der Waals surface area contributed by atoms with Gasteiger partial charge in [-0.05, 0) is 18.6 Å². The Morgan fingerprint density at radius 3 is 2.50 bits per heavy atom. The average Bonchev–Trinajstić information content (AvgIpc) is 3.42. The average molecular weight is 415 g/mol. The molecule has 1 atom stereocenters. The first kappa shape index (κ1) is 19.6. The molecule has 1 saturated heterocycles. The molecule has 0 bridgehead atoms. The maximum atomic E-state index is 13.3. The lowest BCUT2D eigenvalue weighted by atomic mass is 10.1. The number of nitrogens with one attached hydrogen (secondary N) is 2. The summed E-state index contributed by atoms with van der Waals surface area (Å²) in [5.41, 5.74) is 1.60. The molecule has 0 radical (unpaired) electrons. The zero-order valence-electron chi connectivity index (χ0n) is 15.5. The van der Waals surface area contributed by atoms with Crippen LogP contribution in [0.2, 0.25) is 0 Å². The van der Waals surface area contributed by atoms with Crippen LogP contribution in [0, 0.1) is 23.4 Å². The summed E-state index contributed by atoms with van der Waals surface area (Å²) in [5.74, 6) is -5.70. The molecule has 0 spiro atoms. The second kappa shape index (κ2) is 7.97. The van der Waals surface area contributed by atoms with E-state index in [2.05, 4.69) is 20.3 Å². The molecule has 1 aliphatic rings. The van der Waals surface area contributed by atoms with Crippen molar-refractivity contribution in [2.24, 2.45) is 5.92 Å². The summed E-state index contributed by atoms with van der Waals surface area (Å²) in [6.07, 6.45) is 5.03. The molecule has 30 heavy (non-hydrogen) atoms. The van der Waals surface area contributed by atoms with Crippen LogP contribution in [0.25, 0.3) is 11.3 Å². The maximum Gasteiger partial charge on any atom is 0.270 e. The van der Waals surface area contributed by atoms with E-state index in [4.69, 9.17) is 0 Å². The molecule has 0 saturated carbocycles. The smallest absolute Gasteiger partial charge is 0.270 e. The summed E-state index contributed by atoms with van der Waals surface area (Å²) in [6.45, 7) is 0.505. The fourth-order valence-electron chi connectivity index (χ4n) is 3.33. The highest BCUT2D eigenvalue weighted by Crippen LogP contribution is 2.23. The van der Waals surface area contributed by atoms with E-state index in [9.17, 15) is 22.8 Å². The highest BCUT2D eigenvalue weighted by Gasteiger charge is 2.32. The second-order valence-corrected chi connectivity index (χ2v) is 6.89. The number of carbonyl (C=O) groups is 2. The Bertz CT molecular complexity index is 1080. The molecule has 1 fully saturated rings. The van der Waals surface area contributed by atoms with E-state index in [1.807, 2.05) is 0 Å². The van der Waals surface area contributed by atoms with Crippen LogP contribution in [0.15, 0.2) is 43.0 Å². The van der Waals surface area contributed by atoms with Gasteiger partial charge < -0.3 is 15.2 Å². The van der Waals surface area contributed by atoms with Crippen molar-refractivity contribution in [2.75, 3.05) is 18.4 Å². The molecular formula is C20H16F3N5O2. The monoisotopic (exact) mass is 415 g/mol. The Morgan fingerprint density at radius 1 is 1.10 bits per heavy atom. The minimum Gasteiger partial charge on any atom is -0.350 e. The maximum absolute atomic E-state index is 13.3. The zero-order chi connectivity index (χ0) is 21.3. The molecule has 7 nitrogen and oxygen atoms in total. The number of likely N-dealkylation sites (tertiary alicyclic amines) is 1. The zero-order valence-corrected chi connectivity index (χ0v) is 15.5. The molecule has 10 heteroatoms. The van der Waals surface area contributed by atoms with Gasteiger partial charge in [0.15, 0.2) is 17.5 Å². The summed E-state index contributed by atoms with van der Waals surface area (Å²) in [6, 6.07) is 4.80. The first-order valence-corrected chi connectivity index (χ1v) is 9.11. The van der Waals surface area contributed by atoms with Crippen LogP contribution in [-0.4, -0.2) is 44.8 Å². The standard InChI is InChI=1S/C20H16F3N5O2/c21-14-5-13(6-15(22)18(14)23)26-19(29)11-3-4-28(9-11)20(30)17-2-1-16(27-17)12-7-24-10-25-8-12/h1-2,5-8,10-11,27H,3-4,9H2,(H,26,29)/t11-/m0/s1. The van der Waals surface area contributed by atoms with Crippen molar-refractivity contribution in [1.29, 1.82) is 0 Å². The largest absolute Gasteiger partial charge is 0.350 e. The van der Waals surface area contributed by atoms with Crippen LogP contribution in [0.1, 0.15) is 16.9 Å². The van der Waals surface area contributed by atoms with Gasteiger partial charge >= 0.3 is 0 Å². The minimum atomic E-state index is -1.60. The van der Waals surface area contributed by atoms with Gasteiger partial charge in [-0.1, -0.05) is 0 Å². The molecule has 2 N–H and O–H groups in total. The van der Waals surface area contributed by atoms with E-state index in [1.165, 1.54) is 11.2 Å². The first-order chi connectivity index (χ1) is 14.4. The first-order valence-electron chi connectivity index (χ1n) is 9.11. The molecule has 3 heterocycles. The topological polar surface area (TPSA) is 91.0 Å². The number of carbonyl (C=O) groups excluding carboxylic acids is 2. The van der Waals surface area contributed by atoms with Crippen molar-refractivity contribution in [3.8, 4) is 11.3 Å². The molecule has 0 unspecified atom stereocenters. The van der Waals surface area contributed by atoms with Crippen LogP contribution in [0.4, 0.5) is 18.9 Å². The number of halogens is 3. The minimum absolute atomic E-state index is 0.152. The van der Waals surface area contributed by atoms with Gasteiger partial charge in [-0.15, -0.1) is 0 Å². The number of benzene rings is 1. The quantitative estimate of drug-likeness (QED) is 0.641. The summed E-state index contributed by atoms with van der Waals surface area (Å²) in [7, 11) is 0. The van der Waals surface area contributed by atoms with E-state index in [0.717, 1.165) is 5.56 Å². The summed E-state index contributed by atoms with van der Waals surface area (Å²) >= 11 is 0. The van der Waals surface area contributed by atoms with Crippen LogP contribution in [0.5, 0.6) is 0 Å². The van der Waals surface area contributed by atoms with Crippen LogP contribution in [-0.2, 0) is 4.79 Å². The van der Waals surface area contributed by atoms with Crippen LogP contribution < -0.4 is 5.32 Å². The molecule has 154 valence electrons. The van der Waals surface area contributed by atoms with E-state index in [0.29, 0.717) is 36.5 Å². The lowest BCUT2D eigenvalue weighted by Gasteiger charge is -2.16. The fraction of sp³-hybridized carbons (Fsp3) is 0.200. The Balaban J connectivity index is 1.40. The van der Waals surface area contributed by atoms with E-state index < -0.39 is 29.3 Å². The van der Waals surface area contributed by atoms with Crippen LogP contribution >= 0.6 is 0 Å². The number of anilines is 1. The van der Waals surface area contributed by atoms with Gasteiger partial charge in [-0.3, -0.25) is 9.59 Å². The van der Waals surface area contributed by atoms with Gasteiger partial charge in [0.25, 0.3) is 5.91 Å². The third-order valence-corrected chi connectivity index (χ3v) is 4.89. The Labute approximate surface area is 169 Å². The number of nitrogens with zero attached hydrogens (tertiary/aromatic N) is 3. The van der Waals surface area contributed by atoms with Gasteiger partial charge in [-0.25, -0.2) is 23.1 Å². The van der Waals surface area contributed by atoms with Gasteiger partial charge in [-0.2, -0.15) is 0 Å². The van der Waals surface area contributed by atoms with Crippen molar-refractivity contribution in [2.45, 2.75) is 6.42 Å². The molecular weight excluding hydrogens is 399 g/mol. The lowest BCUT2D eigenvalue weighted by molar-refractivity contribution is -0.119. The molecule has 3 aromatic rings. The molecule has 0 aliphatic carbocycles. The molecule has 2 amide bonds. The third kappa shape index (κ3) is 3.88. The van der Waals surface area contributed by atoms with Crippen molar-refractivity contribution < 1.29 is 22.8 Å². The van der Waals surface area contributed by atoms with Gasteiger partial charge in [0.1, 0.15) is 12.0 Å².